The molecule has 0 aliphatic heterocycles. The van der Waals surface area contributed by atoms with Crippen LogP contribution in [0.4, 0.5) is 0 Å². The fourth-order valence-corrected chi connectivity index (χ4v) is 2.73. The van der Waals surface area contributed by atoms with Crippen molar-refractivity contribution in [2.45, 2.75) is 38.5 Å². The number of hydrogen-bond donors (Lipinski definition) is 1. The van der Waals surface area contributed by atoms with Crippen molar-refractivity contribution >= 4 is 5.91 Å². The first-order valence-corrected chi connectivity index (χ1v) is 6.65. The van der Waals surface area contributed by atoms with Crippen molar-refractivity contribution in [3.05, 3.63) is 0 Å². The maximum Gasteiger partial charge on any atom is 0.225 e. The summed E-state index contributed by atoms with van der Waals surface area (Å²) in [5.74, 6) is 2.13. The summed E-state index contributed by atoms with van der Waals surface area (Å²) in [5.41, 5.74) is 5.66. The molecule has 3 nitrogen and oxygen atoms in total. The minimum atomic E-state index is 0.284. The molecule has 0 radical (unpaired) electrons. The quantitative estimate of drug-likeness (QED) is 0.788. The van der Waals surface area contributed by atoms with Crippen LogP contribution in [0.15, 0.2) is 0 Å². The summed E-state index contributed by atoms with van der Waals surface area (Å²) < 4.78 is 0. The molecular formula is C13H24N2O. The van der Waals surface area contributed by atoms with Gasteiger partial charge in [0.05, 0.1) is 0 Å². The zero-order valence-electron chi connectivity index (χ0n) is 10.3. The van der Waals surface area contributed by atoms with E-state index in [9.17, 15) is 4.79 Å². The van der Waals surface area contributed by atoms with Gasteiger partial charge in [-0.2, -0.15) is 0 Å². The fourth-order valence-electron chi connectivity index (χ4n) is 2.73. The molecule has 2 saturated carbocycles. The second-order valence-corrected chi connectivity index (χ2v) is 5.62. The van der Waals surface area contributed by atoms with Gasteiger partial charge in [0.2, 0.25) is 5.91 Å². The van der Waals surface area contributed by atoms with Gasteiger partial charge in [-0.1, -0.05) is 0 Å². The van der Waals surface area contributed by atoms with Crippen LogP contribution < -0.4 is 5.73 Å². The van der Waals surface area contributed by atoms with Crippen LogP contribution in [0.2, 0.25) is 0 Å². The highest BCUT2D eigenvalue weighted by Gasteiger charge is 2.30. The Morgan fingerprint density at radius 2 is 1.69 bits per heavy atom. The number of carbonyl (C=O) groups is 1. The molecule has 0 aromatic carbocycles. The summed E-state index contributed by atoms with van der Waals surface area (Å²) in [6.45, 7) is 1.77. The number of rotatable bonds is 4. The minimum Gasteiger partial charge on any atom is -0.345 e. The molecule has 1 amide bonds. The molecule has 0 spiro atoms. The number of nitrogens with two attached hydrogens (primary N) is 1. The van der Waals surface area contributed by atoms with Crippen LogP contribution in [0.5, 0.6) is 0 Å². The number of hydrogen-bond acceptors (Lipinski definition) is 2. The SMILES string of the molecule is CN(CC1CC1)C(=O)C1CCC(CN)CC1. The zero-order valence-corrected chi connectivity index (χ0v) is 10.3. The third-order valence-corrected chi connectivity index (χ3v) is 4.13. The summed E-state index contributed by atoms with van der Waals surface area (Å²) in [6.07, 6.45) is 7.02. The molecule has 2 aliphatic rings. The first-order chi connectivity index (χ1) is 7.70. The van der Waals surface area contributed by atoms with E-state index < -0.39 is 0 Å². The number of carbonyl (C=O) groups excluding carboxylic acids is 1. The lowest BCUT2D eigenvalue weighted by atomic mass is 9.81. The molecule has 0 atom stereocenters. The maximum atomic E-state index is 12.2. The molecule has 2 N–H and O–H groups in total. The van der Waals surface area contributed by atoms with E-state index in [4.69, 9.17) is 5.73 Å². The molecule has 16 heavy (non-hydrogen) atoms. The molecule has 0 aromatic rings. The van der Waals surface area contributed by atoms with Crippen LogP contribution in [0.25, 0.3) is 0 Å². The van der Waals surface area contributed by atoms with Gasteiger partial charge in [-0.15, -0.1) is 0 Å². The van der Waals surface area contributed by atoms with Gasteiger partial charge in [0, 0.05) is 19.5 Å². The van der Waals surface area contributed by atoms with E-state index in [-0.39, 0.29) is 5.92 Å². The zero-order chi connectivity index (χ0) is 11.5. The average Bonchev–Trinajstić information content (AvgIpc) is 3.12. The smallest absolute Gasteiger partial charge is 0.225 e. The molecule has 0 heterocycles. The van der Waals surface area contributed by atoms with E-state index in [1.807, 2.05) is 11.9 Å². The van der Waals surface area contributed by atoms with Crippen molar-refractivity contribution in [1.29, 1.82) is 0 Å². The van der Waals surface area contributed by atoms with Crippen molar-refractivity contribution in [2.75, 3.05) is 20.1 Å². The van der Waals surface area contributed by atoms with Gasteiger partial charge in [0.1, 0.15) is 0 Å². The van der Waals surface area contributed by atoms with Gasteiger partial charge in [0.25, 0.3) is 0 Å². The van der Waals surface area contributed by atoms with Gasteiger partial charge in [-0.3, -0.25) is 4.79 Å². The summed E-state index contributed by atoms with van der Waals surface area (Å²) in [4.78, 5) is 14.1. The topological polar surface area (TPSA) is 46.3 Å². The Morgan fingerprint density at radius 3 is 2.19 bits per heavy atom. The van der Waals surface area contributed by atoms with Crippen LogP contribution in [-0.4, -0.2) is 30.9 Å². The van der Waals surface area contributed by atoms with E-state index in [1.165, 1.54) is 12.8 Å². The summed E-state index contributed by atoms with van der Waals surface area (Å²) in [5, 5.41) is 0. The Hall–Kier alpha value is -0.570. The van der Waals surface area contributed by atoms with Gasteiger partial charge in [-0.05, 0) is 56.9 Å². The van der Waals surface area contributed by atoms with E-state index in [0.29, 0.717) is 11.8 Å². The highest BCUT2D eigenvalue weighted by atomic mass is 16.2. The summed E-state index contributed by atoms with van der Waals surface area (Å²) in [6, 6.07) is 0. The molecule has 92 valence electrons. The number of amides is 1. The van der Waals surface area contributed by atoms with Crippen LogP contribution in [0, 0.1) is 17.8 Å². The van der Waals surface area contributed by atoms with Crippen molar-refractivity contribution in [2.24, 2.45) is 23.5 Å². The molecule has 2 aliphatic carbocycles. The van der Waals surface area contributed by atoms with E-state index in [1.54, 1.807) is 0 Å². The Morgan fingerprint density at radius 1 is 1.12 bits per heavy atom. The first-order valence-electron chi connectivity index (χ1n) is 6.65. The second-order valence-electron chi connectivity index (χ2n) is 5.62. The second kappa shape index (κ2) is 5.17. The van der Waals surface area contributed by atoms with Crippen molar-refractivity contribution < 1.29 is 4.79 Å². The van der Waals surface area contributed by atoms with Crippen LogP contribution in [0.1, 0.15) is 38.5 Å². The predicted octanol–water partition coefficient (Wildman–Crippen LogP) is 1.62. The van der Waals surface area contributed by atoms with Gasteiger partial charge in [0.15, 0.2) is 0 Å². The standard InChI is InChI=1S/C13H24N2O/c1-15(9-11-2-3-11)13(16)12-6-4-10(8-14)5-7-12/h10-12H,2-9,14H2,1H3. The van der Waals surface area contributed by atoms with Gasteiger partial charge < -0.3 is 10.6 Å². The average molecular weight is 224 g/mol. The van der Waals surface area contributed by atoms with Crippen molar-refractivity contribution in [3.63, 3.8) is 0 Å². The third kappa shape index (κ3) is 2.97. The number of nitrogens with zero attached hydrogens (tertiary/aromatic N) is 1. The maximum absolute atomic E-state index is 12.2. The lowest BCUT2D eigenvalue weighted by molar-refractivity contribution is -0.135. The molecule has 0 saturated heterocycles. The Kier molecular flexibility index (Phi) is 3.85. The molecule has 3 heteroatoms. The van der Waals surface area contributed by atoms with Gasteiger partial charge in [-0.25, -0.2) is 0 Å². The van der Waals surface area contributed by atoms with E-state index >= 15 is 0 Å². The molecule has 0 bridgehead atoms. The Labute approximate surface area is 98.4 Å². The molecule has 0 aromatic heterocycles. The summed E-state index contributed by atoms with van der Waals surface area (Å²) in [7, 11) is 1.97. The normalized spacial score (nSPS) is 30.1. The largest absolute Gasteiger partial charge is 0.345 e. The minimum absolute atomic E-state index is 0.284. The lowest BCUT2D eigenvalue weighted by Gasteiger charge is -2.30. The monoisotopic (exact) mass is 224 g/mol. The van der Waals surface area contributed by atoms with Crippen molar-refractivity contribution in [1.82, 2.24) is 4.90 Å². The predicted molar refractivity (Wildman–Crippen MR) is 64.9 cm³/mol. The van der Waals surface area contributed by atoms with Gasteiger partial charge >= 0.3 is 0 Å². The summed E-state index contributed by atoms with van der Waals surface area (Å²) >= 11 is 0. The molecule has 2 rings (SSSR count). The van der Waals surface area contributed by atoms with Crippen LogP contribution >= 0.6 is 0 Å². The van der Waals surface area contributed by atoms with Crippen LogP contribution in [0.3, 0.4) is 0 Å². The van der Waals surface area contributed by atoms with Crippen molar-refractivity contribution in [3.8, 4) is 0 Å². The third-order valence-electron chi connectivity index (χ3n) is 4.13. The highest BCUT2D eigenvalue weighted by Crippen LogP contribution is 2.32. The highest BCUT2D eigenvalue weighted by molar-refractivity contribution is 5.78. The molecular weight excluding hydrogens is 200 g/mol. The van der Waals surface area contributed by atoms with E-state index in [0.717, 1.165) is 44.7 Å². The van der Waals surface area contributed by atoms with E-state index in [2.05, 4.69) is 0 Å². The Balaban J connectivity index is 1.76. The first kappa shape index (κ1) is 11.9. The lowest BCUT2D eigenvalue weighted by Crippen LogP contribution is -2.36. The fraction of sp³-hybridized carbons (Fsp3) is 0.923. The van der Waals surface area contributed by atoms with Crippen LogP contribution in [-0.2, 0) is 4.79 Å². The Bertz CT molecular complexity index is 242. The molecule has 2 fully saturated rings. The molecule has 0 unspecified atom stereocenters.